The van der Waals surface area contributed by atoms with Crippen LogP contribution in [0.2, 0.25) is 5.02 Å². The average Bonchev–Trinajstić information content (AvgIpc) is 2.15. The van der Waals surface area contributed by atoms with Crippen LogP contribution in [0.3, 0.4) is 0 Å². The lowest BCUT2D eigenvalue weighted by molar-refractivity contribution is 1.10. The van der Waals surface area contributed by atoms with Crippen molar-refractivity contribution in [1.29, 1.82) is 0 Å². The van der Waals surface area contributed by atoms with E-state index in [0.717, 1.165) is 16.3 Å². The standard InChI is InChI=1S/C10H12ClN3/c1-8-7-9(11)3-4-10(8)14-13-6-5-12-2/h3-5,7H,6H2,1-2H3. The summed E-state index contributed by atoms with van der Waals surface area (Å²) in [6.07, 6.45) is 1.70. The maximum absolute atomic E-state index is 5.81. The van der Waals surface area contributed by atoms with Crippen molar-refractivity contribution in [2.45, 2.75) is 6.92 Å². The van der Waals surface area contributed by atoms with Crippen molar-refractivity contribution in [3.8, 4) is 0 Å². The number of aryl methyl sites for hydroxylation is 1. The van der Waals surface area contributed by atoms with Gasteiger partial charge in [0, 0.05) is 18.3 Å². The Bertz CT molecular complexity index is 358. The van der Waals surface area contributed by atoms with Gasteiger partial charge in [0.15, 0.2) is 0 Å². The minimum absolute atomic E-state index is 0.512. The molecule has 0 radical (unpaired) electrons. The number of halogens is 1. The summed E-state index contributed by atoms with van der Waals surface area (Å²) in [4.78, 5) is 3.80. The zero-order valence-corrected chi connectivity index (χ0v) is 8.99. The molecule has 0 fully saturated rings. The van der Waals surface area contributed by atoms with Crippen LogP contribution in [0, 0.1) is 6.92 Å². The average molecular weight is 210 g/mol. The third-order valence-electron chi connectivity index (χ3n) is 1.68. The lowest BCUT2D eigenvalue weighted by atomic mass is 10.2. The highest BCUT2D eigenvalue weighted by Crippen LogP contribution is 2.22. The first-order valence-corrected chi connectivity index (χ1v) is 4.66. The monoisotopic (exact) mass is 209 g/mol. The van der Waals surface area contributed by atoms with Crippen molar-refractivity contribution < 1.29 is 0 Å². The summed E-state index contributed by atoms with van der Waals surface area (Å²) in [6, 6.07) is 5.52. The van der Waals surface area contributed by atoms with Crippen molar-refractivity contribution in [3.05, 3.63) is 28.8 Å². The summed E-state index contributed by atoms with van der Waals surface area (Å²) in [5.41, 5.74) is 1.87. The van der Waals surface area contributed by atoms with Crippen LogP contribution < -0.4 is 0 Å². The number of nitrogens with zero attached hydrogens (tertiary/aromatic N) is 3. The second kappa shape index (κ2) is 5.50. The van der Waals surface area contributed by atoms with Crippen LogP contribution >= 0.6 is 11.6 Å². The topological polar surface area (TPSA) is 37.1 Å². The predicted octanol–water partition coefficient (Wildman–Crippen LogP) is 3.43. The van der Waals surface area contributed by atoms with Gasteiger partial charge in [0.2, 0.25) is 0 Å². The fourth-order valence-electron chi connectivity index (χ4n) is 0.966. The first-order valence-electron chi connectivity index (χ1n) is 4.28. The van der Waals surface area contributed by atoms with Crippen LogP contribution in [0.1, 0.15) is 5.56 Å². The summed E-state index contributed by atoms with van der Waals surface area (Å²) in [7, 11) is 1.71. The van der Waals surface area contributed by atoms with E-state index in [-0.39, 0.29) is 0 Å². The first kappa shape index (κ1) is 10.9. The highest BCUT2D eigenvalue weighted by molar-refractivity contribution is 6.30. The summed E-state index contributed by atoms with van der Waals surface area (Å²) in [5.74, 6) is 0. The van der Waals surface area contributed by atoms with E-state index in [1.165, 1.54) is 0 Å². The summed E-state index contributed by atoms with van der Waals surface area (Å²) in [6.45, 7) is 2.46. The minimum atomic E-state index is 0.512. The number of hydrogen-bond acceptors (Lipinski definition) is 3. The molecule has 0 heterocycles. The molecule has 3 nitrogen and oxygen atoms in total. The fourth-order valence-corrected chi connectivity index (χ4v) is 1.19. The van der Waals surface area contributed by atoms with E-state index < -0.39 is 0 Å². The van der Waals surface area contributed by atoms with Crippen molar-refractivity contribution >= 4 is 23.5 Å². The van der Waals surface area contributed by atoms with Gasteiger partial charge in [0.05, 0.1) is 12.2 Å². The largest absolute Gasteiger partial charge is 0.299 e. The molecule has 1 aromatic carbocycles. The first-order chi connectivity index (χ1) is 6.74. The van der Waals surface area contributed by atoms with Gasteiger partial charge < -0.3 is 0 Å². The van der Waals surface area contributed by atoms with Crippen LogP contribution in [-0.2, 0) is 0 Å². The van der Waals surface area contributed by atoms with E-state index in [4.69, 9.17) is 11.6 Å². The van der Waals surface area contributed by atoms with Crippen LogP contribution in [0.5, 0.6) is 0 Å². The highest BCUT2D eigenvalue weighted by atomic mass is 35.5. The minimum Gasteiger partial charge on any atom is -0.299 e. The molecule has 74 valence electrons. The molecule has 1 rings (SSSR count). The van der Waals surface area contributed by atoms with Gasteiger partial charge in [-0.1, -0.05) is 11.6 Å². The molecule has 0 N–H and O–H groups in total. The Hall–Kier alpha value is -1.22. The zero-order valence-electron chi connectivity index (χ0n) is 8.24. The molecule has 1 aromatic rings. The molecule has 0 spiro atoms. The Labute approximate surface area is 88.5 Å². The lowest BCUT2D eigenvalue weighted by Crippen LogP contribution is -1.79. The predicted molar refractivity (Wildman–Crippen MR) is 60.0 cm³/mol. The molecule has 0 saturated heterocycles. The Morgan fingerprint density at radius 1 is 1.43 bits per heavy atom. The van der Waals surface area contributed by atoms with Gasteiger partial charge in [0.1, 0.15) is 0 Å². The van der Waals surface area contributed by atoms with E-state index in [2.05, 4.69) is 15.2 Å². The molecule has 14 heavy (non-hydrogen) atoms. The number of azo groups is 1. The number of hydrogen-bond donors (Lipinski definition) is 0. The van der Waals surface area contributed by atoms with Gasteiger partial charge in [-0.25, -0.2) is 0 Å². The normalized spacial score (nSPS) is 11.6. The SMILES string of the molecule is CN=CCN=Nc1ccc(Cl)cc1C. The van der Waals surface area contributed by atoms with Gasteiger partial charge in [-0.3, -0.25) is 4.99 Å². The quantitative estimate of drug-likeness (QED) is 0.540. The van der Waals surface area contributed by atoms with Crippen LogP contribution in [0.25, 0.3) is 0 Å². The second-order valence-corrected chi connectivity index (χ2v) is 3.23. The highest BCUT2D eigenvalue weighted by Gasteiger charge is 1.96. The molecular formula is C10H12ClN3. The van der Waals surface area contributed by atoms with Crippen molar-refractivity contribution in [2.75, 3.05) is 13.6 Å². The molecule has 0 unspecified atom stereocenters. The molecule has 0 aliphatic heterocycles. The molecule has 0 amide bonds. The second-order valence-electron chi connectivity index (χ2n) is 2.80. The van der Waals surface area contributed by atoms with Crippen molar-refractivity contribution in [1.82, 2.24) is 0 Å². The Morgan fingerprint density at radius 2 is 2.21 bits per heavy atom. The number of rotatable bonds is 3. The van der Waals surface area contributed by atoms with E-state index in [1.54, 1.807) is 19.3 Å². The van der Waals surface area contributed by atoms with E-state index >= 15 is 0 Å². The Morgan fingerprint density at radius 3 is 2.86 bits per heavy atom. The third-order valence-corrected chi connectivity index (χ3v) is 1.92. The Kier molecular flexibility index (Phi) is 4.26. The number of aliphatic imine (C=N–C) groups is 1. The zero-order chi connectivity index (χ0) is 10.4. The fraction of sp³-hybridized carbons (Fsp3) is 0.300. The molecular weight excluding hydrogens is 198 g/mol. The number of benzene rings is 1. The maximum Gasteiger partial charge on any atom is 0.0951 e. The molecule has 4 heteroatoms. The van der Waals surface area contributed by atoms with Gasteiger partial charge >= 0.3 is 0 Å². The summed E-state index contributed by atoms with van der Waals surface area (Å²) in [5, 5.41) is 8.73. The molecule has 0 saturated carbocycles. The van der Waals surface area contributed by atoms with Crippen molar-refractivity contribution in [2.24, 2.45) is 15.2 Å². The van der Waals surface area contributed by atoms with Crippen molar-refractivity contribution in [3.63, 3.8) is 0 Å². The molecule has 0 bridgehead atoms. The van der Waals surface area contributed by atoms with Crippen LogP contribution in [0.4, 0.5) is 5.69 Å². The summed E-state index contributed by atoms with van der Waals surface area (Å²) >= 11 is 5.81. The van der Waals surface area contributed by atoms with Gasteiger partial charge in [-0.05, 0) is 30.7 Å². The smallest absolute Gasteiger partial charge is 0.0951 e. The molecule has 0 atom stereocenters. The molecule has 0 aliphatic carbocycles. The van der Waals surface area contributed by atoms with Gasteiger partial charge in [-0.2, -0.15) is 10.2 Å². The van der Waals surface area contributed by atoms with Gasteiger partial charge in [0.25, 0.3) is 0 Å². The van der Waals surface area contributed by atoms with Gasteiger partial charge in [-0.15, -0.1) is 0 Å². The third kappa shape index (κ3) is 3.26. The van der Waals surface area contributed by atoms with E-state index in [0.29, 0.717) is 6.54 Å². The van der Waals surface area contributed by atoms with E-state index in [9.17, 15) is 0 Å². The molecule has 0 aliphatic rings. The summed E-state index contributed by atoms with van der Waals surface area (Å²) < 4.78 is 0. The lowest BCUT2D eigenvalue weighted by Gasteiger charge is -1.97. The van der Waals surface area contributed by atoms with Crippen LogP contribution in [0.15, 0.2) is 33.4 Å². The van der Waals surface area contributed by atoms with Crippen LogP contribution in [-0.4, -0.2) is 19.8 Å². The maximum atomic E-state index is 5.81. The Balaban J connectivity index is 2.71. The molecule has 0 aromatic heterocycles. The van der Waals surface area contributed by atoms with E-state index in [1.807, 2.05) is 19.1 Å².